The minimum absolute atomic E-state index is 0.714. The summed E-state index contributed by atoms with van der Waals surface area (Å²) in [6, 6.07) is 4.17. The molecule has 23 heavy (non-hydrogen) atoms. The summed E-state index contributed by atoms with van der Waals surface area (Å²) < 4.78 is 2.08. The molecule has 0 unspecified atom stereocenters. The molecule has 0 saturated heterocycles. The number of unbranched alkanes of at least 4 members (excludes halogenated alkanes) is 1. The van der Waals surface area contributed by atoms with E-state index < -0.39 is 0 Å². The van der Waals surface area contributed by atoms with Crippen molar-refractivity contribution in [1.82, 2.24) is 25.4 Å². The highest BCUT2D eigenvalue weighted by Gasteiger charge is 2.03. The number of aliphatic imine (C=N–C) groups is 1. The quantitative estimate of drug-likeness (QED) is 0.420. The summed E-state index contributed by atoms with van der Waals surface area (Å²) in [4.78, 5) is 5.94. The predicted octanol–water partition coefficient (Wildman–Crippen LogP) is 2.44. The van der Waals surface area contributed by atoms with Gasteiger partial charge in [0.2, 0.25) is 0 Å². The van der Waals surface area contributed by atoms with Gasteiger partial charge in [-0.1, -0.05) is 26.3 Å². The molecule has 7 heteroatoms. The van der Waals surface area contributed by atoms with Gasteiger partial charge in [-0.3, -0.25) is 0 Å². The second kappa shape index (κ2) is 9.99. The molecule has 6 nitrogen and oxygen atoms in total. The van der Waals surface area contributed by atoms with E-state index in [-0.39, 0.29) is 0 Å². The van der Waals surface area contributed by atoms with Gasteiger partial charge in [-0.25, -0.2) is 4.99 Å². The van der Waals surface area contributed by atoms with Crippen molar-refractivity contribution >= 4 is 17.3 Å². The average Bonchev–Trinajstić information content (AvgIpc) is 3.23. The molecule has 2 rings (SSSR count). The second-order valence-electron chi connectivity index (χ2n) is 5.25. The molecule has 0 aliphatic heterocycles. The monoisotopic (exact) mass is 334 g/mol. The van der Waals surface area contributed by atoms with Crippen LogP contribution in [0.25, 0.3) is 0 Å². The van der Waals surface area contributed by atoms with Crippen molar-refractivity contribution in [3.8, 4) is 0 Å². The van der Waals surface area contributed by atoms with E-state index in [2.05, 4.69) is 61.8 Å². The van der Waals surface area contributed by atoms with Crippen molar-refractivity contribution in [2.24, 2.45) is 4.99 Å². The van der Waals surface area contributed by atoms with Gasteiger partial charge in [0.15, 0.2) is 5.96 Å². The van der Waals surface area contributed by atoms with Crippen LogP contribution in [0.15, 0.2) is 28.8 Å². The Hall–Kier alpha value is -1.89. The van der Waals surface area contributed by atoms with Gasteiger partial charge in [-0.05, 0) is 17.9 Å². The van der Waals surface area contributed by atoms with Gasteiger partial charge in [0.25, 0.3) is 0 Å². The minimum Gasteiger partial charge on any atom is -0.356 e. The summed E-state index contributed by atoms with van der Waals surface area (Å²) in [7, 11) is 0. The predicted molar refractivity (Wildman–Crippen MR) is 95.8 cm³/mol. The van der Waals surface area contributed by atoms with Crippen LogP contribution >= 0.6 is 11.3 Å². The van der Waals surface area contributed by atoms with E-state index in [0.29, 0.717) is 6.54 Å². The van der Waals surface area contributed by atoms with Crippen LogP contribution in [0.1, 0.15) is 37.4 Å². The molecule has 0 radical (unpaired) electrons. The lowest BCUT2D eigenvalue weighted by atomic mass is 10.3. The number of guanidine groups is 1. The molecule has 0 amide bonds. The van der Waals surface area contributed by atoms with Crippen LogP contribution in [0.3, 0.4) is 0 Å². The zero-order chi connectivity index (χ0) is 16.3. The number of aromatic nitrogens is 3. The third-order valence-electron chi connectivity index (χ3n) is 3.45. The molecule has 0 atom stereocenters. The Balaban J connectivity index is 1.84. The van der Waals surface area contributed by atoms with Crippen LogP contribution < -0.4 is 10.6 Å². The molecular weight excluding hydrogens is 308 g/mol. The van der Waals surface area contributed by atoms with E-state index >= 15 is 0 Å². The normalized spacial score (nSPS) is 11.7. The molecule has 2 aromatic rings. The van der Waals surface area contributed by atoms with E-state index in [1.165, 1.54) is 11.3 Å². The fourth-order valence-electron chi connectivity index (χ4n) is 2.15. The SMILES string of the molecule is CCCCNC(=NCc1cccs1)NCCn1cnnc1CC. The van der Waals surface area contributed by atoms with Crippen molar-refractivity contribution in [1.29, 1.82) is 0 Å². The van der Waals surface area contributed by atoms with Gasteiger partial charge in [0.1, 0.15) is 12.2 Å². The fourth-order valence-corrected chi connectivity index (χ4v) is 2.78. The van der Waals surface area contributed by atoms with Crippen LogP contribution in [0, 0.1) is 0 Å². The first-order valence-corrected chi connectivity index (χ1v) is 9.12. The van der Waals surface area contributed by atoms with Crippen molar-refractivity contribution < 1.29 is 0 Å². The lowest BCUT2D eigenvalue weighted by Gasteiger charge is -2.13. The van der Waals surface area contributed by atoms with Crippen molar-refractivity contribution in [3.05, 3.63) is 34.5 Å². The van der Waals surface area contributed by atoms with E-state index in [1.807, 2.05) is 0 Å². The highest BCUT2D eigenvalue weighted by Crippen LogP contribution is 2.09. The maximum atomic E-state index is 4.66. The molecule has 2 heterocycles. The molecule has 0 aromatic carbocycles. The van der Waals surface area contributed by atoms with Crippen LogP contribution in [0.4, 0.5) is 0 Å². The highest BCUT2D eigenvalue weighted by molar-refractivity contribution is 7.09. The standard InChI is InChI=1S/C16H26N6S/c1-3-5-8-17-16(19-12-14-7-6-11-23-14)18-9-10-22-13-20-21-15(22)4-2/h6-7,11,13H,3-5,8-10,12H2,1-2H3,(H2,17,18,19). The Morgan fingerprint density at radius 1 is 1.30 bits per heavy atom. The summed E-state index contributed by atoms with van der Waals surface area (Å²) in [5.74, 6) is 1.89. The van der Waals surface area contributed by atoms with Gasteiger partial charge in [0.05, 0.1) is 6.54 Å². The number of aryl methyl sites for hydroxylation is 1. The first kappa shape index (κ1) is 17.5. The first-order chi connectivity index (χ1) is 11.3. The van der Waals surface area contributed by atoms with Crippen LogP contribution in [-0.4, -0.2) is 33.8 Å². The molecule has 0 saturated carbocycles. The Morgan fingerprint density at radius 2 is 2.17 bits per heavy atom. The maximum absolute atomic E-state index is 4.66. The molecule has 126 valence electrons. The lowest BCUT2D eigenvalue weighted by Crippen LogP contribution is -2.39. The molecule has 2 N–H and O–H groups in total. The Morgan fingerprint density at radius 3 is 2.91 bits per heavy atom. The van der Waals surface area contributed by atoms with Crippen LogP contribution in [-0.2, 0) is 19.5 Å². The van der Waals surface area contributed by atoms with Gasteiger partial charge in [0, 0.05) is 30.9 Å². The smallest absolute Gasteiger partial charge is 0.191 e. The number of rotatable bonds is 9. The number of nitrogens with one attached hydrogen (secondary N) is 2. The zero-order valence-electron chi connectivity index (χ0n) is 14.0. The van der Waals surface area contributed by atoms with Crippen LogP contribution in [0.2, 0.25) is 0 Å². The van der Waals surface area contributed by atoms with Gasteiger partial charge < -0.3 is 15.2 Å². The fraction of sp³-hybridized carbons (Fsp3) is 0.562. The Labute approximate surface area is 142 Å². The minimum atomic E-state index is 0.714. The van der Waals surface area contributed by atoms with E-state index in [0.717, 1.165) is 44.3 Å². The largest absolute Gasteiger partial charge is 0.356 e. The molecule has 0 bridgehead atoms. The first-order valence-electron chi connectivity index (χ1n) is 8.24. The average molecular weight is 334 g/mol. The topological polar surface area (TPSA) is 67.1 Å². The highest BCUT2D eigenvalue weighted by atomic mass is 32.1. The third kappa shape index (κ3) is 6.02. The van der Waals surface area contributed by atoms with Gasteiger partial charge in [-0.2, -0.15) is 0 Å². The van der Waals surface area contributed by atoms with E-state index in [4.69, 9.17) is 0 Å². The third-order valence-corrected chi connectivity index (χ3v) is 4.31. The van der Waals surface area contributed by atoms with Gasteiger partial charge >= 0.3 is 0 Å². The van der Waals surface area contributed by atoms with Crippen LogP contribution in [0.5, 0.6) is 0 Å². The number of nitrogens with zero attached hydrogens (tertiary/aromatic N) is 4. The molecule has 0 aliphatic rings. The van der Waals surface area contributed by atoms with Gasteiger partial charge in [-0.15, -0.1) is 21.5 Å². The molecule has 2 aromatic heterocycles. The summed E-state index contributed by atoms with van der Waals surface area (Å²) in [6.45, 7) is 7.58. The van der Waals surface area contributed by atoms with E-state index in [1.54, 1.807) is 17.7 Å². The number of hydrogen-bond donors (Lipinski definition) is 2. The maximum Gasteiger partial charge on any atom is 0.191 e. The Bertz CT molecular complexity index is 575. The number of thiophene rings is 1. The lowest BCUT2D eigenvalue weighted by molar-refractivity contribution is 0.629. The summed E-state index contributed by atoms with van der Waals surface area (Å²) in [5.41, 5.74) is 0. The molecule has 0 aliphatic carbocycles. The van der Waals surface area contributed by atoms with Crippen molar-refractivity contribution in [2.75, 3.05) is 13.1 Å². The Kier molecular flexibility index (Phi) is 7.59. The van der Waals surface area contributed by atoms with Crippen molar-refractivity contribution in [2.45, 2.75) is 46.2 Å². The summed E-state index contributed by atoms with van der Waals surface area (Å²) >= 11 is 1.74. The zero-order valence-corrected chi connectivity index (χ0v) is 14.8. The van der Waals surface area contributed by atoms with E-state index in [9.17, 15) is 0 Å². The number of hydrogen-bond acceptors (Lipinski definition) is 4. The second-order valence-corrected chi connectivity index (χ2v) is 6.28. The summed E-state index contributed by atoms with van der Waals surface area (Å²) in [5, 5.41) is 16.9. The molecule has 0 fully saturated rings. The molecular formula is C16H26N6S. The van der Waals surface area contributed by atoms with Crippen molar-refractivity contribution in [3.63, 3.8) is 0 Å². The summed E-state index contributed by atoms with van der Waals surface area (Å²) in [6.07, 6.45) is 5.00. The molecule has 0 spiro atoms.